The summed E-state index contributed by atoms with van der Waals surface area (Å²) in [5.74, 6) is 0.705. The molecule has 2 rings (SSSR count). The second-order valence-corrected chi connectivity index (χ2v) is 2.85. The van der Waals surface area contributed by atoms with Gasteiger partial charge in [0.25, 0.3) is 6.26 Å². The highest BCUT2D eigenvalue weighted by atomic mass is 16.5. The van der Waals surface area contributed by atoms with E-state index in [1.54, 1.807) is 36.6 Å². The van der Waals surface area contributed by atoms with Gasteiger partial charge < -0.3 is 9.84 Å². The second-order valence-electron chi connectivity index (χ2n) is 2.85. The fourth-order valence-corrected chi connectivity index (χ4v) is 1.36. The Balaban J connectivity index is 2.63. The van der Waals surface area contributed by atoms with Crippen LogP contribution in [0.15, 0.2) is 36.4 Å². The van der Waals surface area contributed by atoms with E-state index in [9.17, 15) is 5.11 Å². The van der Waals surface area contributed by atoms with E-state index in [0.717, 1.165) is 10.8 Å². The monoisotopic (exact) mass is 185 g/mol. The number of nitrogens with zero attached hydrogens (tertiary/aromatic N) is 1. The van der Waals surface area contributed by atoms with E-state index in [4.69, 9.17) is 5.26 Å². The predicted molar refractivity (Wildman–Crippen MR) is 51.9 cm³/mol. The van der Waals surface area contributed by atoms with E-state index < -0.39 is 0 Å². The van der Waals surface area contributed by atoms with Crippen molar-refractivity contribution in [2.75, 3.05) is 0 Å². The second kappa shape index (κ2) is 3.27. The molecule has 0 aliphatic heterocycles. The predicted octanol–water partition coefficient (Wildman–Crippen LogP) is 2.41. The Morgan fingerprint density at radius 3 is 2.86 bits per heavy atom. The smallest absolute Gasteiger partial charge is 0.292 e. The minimum atomic E-state index is 0.228. The van der Waals surface area contributed by atoms with Crippen LogP contribution in [0.3, 0.4) is 0 Å². The molecule has 0 spiro atoms. The summed E-state index contributed by atoms with van der Waals surface area (Å²) in [6.45, 7) is 0. The molecule has 2 aromatic rings. The Hall–Kier alpha value is -2.21. The molecule has 0 atom stereocenters. The topological polar surface area (TPSA) is 53.2 Å². The van der Waals surface area contributed by atoms with Gasteiger partial charge >= 0.3 is 0 Å². The van der Waals surface area contributed by atoms with Crippen molar-refractivity contribution in [2.45, 2.75) is 0 Å². The van der Waals surface area contributed by atoms with Gasteiger partial charge in [0.1, 0.15) is 11.5 Å². The van der Waals surface area contributed by atoms with Crippen LogP contribution in [0.4, 0.5) is 0 Å². The van der Waals surface area contributed by atoms with E-state index in [0.29, 0.717) is 5.75 Å². The van der Waals surface area contributed by atoms with Crippen molar-refractivity contribution in [3.63, 3.8) is 0 Å². The van der Waals surface area contributed by atoms with Crippen LogP contribution in [0.25, 0.3) is 10.8 Å². The lowest BCUT2D eigenvalue weighted by atomic mass is 10.1. The van der Waals surface area contributed by atoms with Gasteiger partial charge in [-0.1, -0.05) is 12.1 Å². The van der Waals surface area contributed by atoms with Crippen molar-refractivity contribution >= 4 is 10.8 Å². The summed E-state index contributed by atoms with van der Waals surface area (Å²) in [6.07, 6.45) is 1.60. The van der Waals surface area contributed by atoms with E-state index in [-0.39, 0.29) is 5.75 Å². The molecule has 14 heavy (non-hydrogen) atoms. The van der Waals surface area contributed by atoms with Crippen LogP contribution >= 0.6 is 0 Å². The van der Waals surface area contributed by atoms with Crippen molar-refractivity contribution < 1.29 is 9.84 Å². The zero-order chi connectivity index (χ0) is 9.97. The highest BCUT2D eigenvalue weighted by Gasteiger charge is 2.00. The van der Waals surface area contributed by atoms with Crippen molar-refractivity contribution in [1.29, 1.82) is 5.26 Å². The summed E-state index contributed by atoms with van der Waals surface area (Å²) in [7, 11) is 0. The summed E-state index contributed by atoms with van der Waals surface area (Å²) in [5, 5.41) is 19.4. The standard InChI is InChI=1S/C11H7NO2/c12-7-14-9-4-5-10-8(6-9)2-1-3-11(10)13/h1-6,13H. The molecular weight excluding hydrogens is 178 g/mol. The van der Waals surface area contributed by atoms with Crippen molar-refractivity contribution in [1.82, 2.24) is 0 Å². The largest absolute Gasteiger partial charge is 0.507 e. The Morgan fingerprint density at radius 2 is 2.07 bits per heavy atom. The molecule has 0 aliphatic carbocycles. The van der Waals surface area contributed by atoms with E-state index in [1.165, 1.54) is 0 Å². The zero-order valence-electron chi connectivity index (χ0n) is 7.27. The number of ether oxygens (including phenoxy) is 1. The maximum atomic E-state index is 9.49. The van der Waals surface area contributed by atoms with Gasteiger partial charge in [-0.15, -0.1) is 5.26 Å². The lowest BCUT2D eigenvalue weighted by molar-refractivity contribution is 0.481. The maximum absolute atomic E-state index is 9.49. The molecule has 2 aromatic carbocycles. The van der Waals surface area contributed by atoms with Gasteiger partial charge in [0.05, 0.1) is 0 Å². The number of rotatable bonds is 1. The number of phenolic OH excluding ortho intramolecular Hbond substituents is 1. The molecule has 0 aromatic heterocycles. The maximum Gasteiger partial charge on any atom is 0.292 e. The van der Waals surface area contributed by atoms with Crippen LogP contribution in [0.2, 0.25) is 0 Å². The lowest BCUT2D eigenvalue weighted by Gasteiger charge is -2.01. The van der Waals surface area contributed by atoms with Gasteiger partial charge in [0.2, 0.25) is 0 Å². The number of aromatic hydroxyl groups is 1. The molecule has 0 unspecified atom stereocenters. The number of fused-ring (bicyclic) bond motifs is 1. The molecule has 0 saturated heterocycles. The molecule has 1 N–H and O–H groups in total. The molecule has 3 nitrogen and oxygen atoms in total. The average Bonchev–Trinajstić information content (AvgIpc) is 2.18. The molecule has 0 fully saturated rings. The first-order valence-corrected chi connectivity index (χ1v) is 4.09. The summed E-state index contributed by atoms with van der Waals surface area (Å²) in [6, 6.07) is 10.3. The van der Waals surface area contributed by atoms with Crippen molar-refractivity contribution in [3.05, 3.63) is 36.4 Å². The molecule has 0 amide bonds. The molecule has 0 heterocycles. The number of hydrogen-bond donors (Lipinski definition) is 1. The normalized spacial score (nSPS) is 9.64. The van der Waals surface area contributed by atoms with Crippen molar-refractivity contribution in [2.24, 2.45) is 0 Å². The molecule has 0 aliphatic rings. The van der Waals surface area contributed by atoms with Crippen LogP contribution in [0.5, 0.6) is 11.5 Å². The summed E-state index contributed by atoms with van der Waals surface area (Å²) < 4.78 is 4.68. The summed E-state index contributed by atoms with van der Waals surface area (Å²) >= 11 is 0. The lowest BCUT2D eigenvalue weighted by Crippen LogP contribution is -1.81. The quantitative estimate of drug-likeness (QED) is 0.694. The summed E-state index contributed by atoms with van der Waals surface area (Å²) in [5.41, 5.74) is 0. The van der Waals surface area contributed by atoms with Crippen LogP contribution in [0.1, 0.15) is 0 Å². The highest BCUT2D eigenvalue weighted by Crippen LogP contribution is 2.27. The van der Waals surface area contributed by atoms with Crippen LogP contribution in [-0.4, -0.2) is 5.11 Å². The minimum Gasteiger partial charge on any atom is -0.507 e. The molecule has 68 valence electrons. The zero-order valence-corrected chi connectivity index (χ0v) is 7.27. The van der Waals surface area contributed by atoms with Gasteiger partial charge in [-0.25, -0.2) is 0 Å². The number of nitriles is 1. The number of hydrogen-bond acceptors (Lipinski definition) is 3. The molecule has 3 heteroatoms. The number of phenols is 1. The first kappa shape index (κ1) is 8.39. The molecular formula is C11H7NO2. The fraction of sp³-hybridized carbons (Fsp3) is 0. The van der Waals surface area contributed by atoms with Crippen LogP contribution < -0.4 is 4.74 Å². The molecule has 0 radical (unpaired) electrons. The summed E-state index contributed by atoms with van der Waals surface area (Å²) in [4.78, 5) is 0. The third-order valence-electron chi connectivity index (χ3n) is 1.99. The fourth-order valence-electron chi connectivity index (χ4n) is 1.36. The Kier molecular flexibility index (Phi) is 1.96. The average molecular weight is 185 g/mol. The van der Waals surface area contributed by atoms with Gasteiger partial charge in [-0.3, -0.25) is 0 Å². The van der Waals surface area contributed by atoms with E-state index >= 15 is 0 Å². The van der Waals surface area contributed by atoms with Crippen LogP contribution in [-0.2, 0) is 0 Å². The van der Waals surface area contributed by atoms with E-state index in [2.05, 4.69) is 4.74 Å². The highest BCUT2D eigenvalue weighted by molar-refractivity contribution is 5.89. The minimum absolute atomic E-state index is 0.228. The van der Waals surface area contributed by atoms with Gasteiger partial charge in [-0.05, 0) is 29.7 Å². The SMILES string of the molecule is N#COc1ccc2c(O)cccc2c1. The first-order chi connectivity index (χ1) is 6.81. The third-order valence-corrected chi connectivity index (χ3v) is 1.99. The van der Waals surface area contributed by atoms with E-state index in [1.807, 2.05) is 6.07 Å². The number of benzene rings is 2. The first-order valence-electron chi connectivity index (χ1n) is 4.09. The van der Waals surface area contributed by atoms with Gasteiger partial charge in [0.15, 0.2) is 0 Å². The Morgan fingerprint density at radius 1 is 1.21 bits per heavy atom. The van der Waals surface area contributed by atoms with Gasteiger partial charge in [0, 0.05) is 5.39 Å². The van der Waals surface area contributed by atoms with Gasteiger partial charge in [-0.2, -0.15) is 0 Å². The van der Waals surface area contributed by atoms with Crippen molar-refractivity contribution in [3.8, 4) is 17.8 Å². The third kappa shape index (κ3) is 1.34. The molecule has 0 saturated carbocycles. The van der Waals surface area contributed by atoms with Crippen LogP contribution in [0, 0.1) is 11.5 Å². The molecule has 0 bridgehead atoms. The Bertz CT molecular complexity index is 514. The Labute approximate surface area is 80.8 Å².